The molecule has 1 atom stereocenters. The van der Waals surface area contributed by atoms with Crippen LogP contribution in [0.5, 0.6) is 0 Å². The van der Waals surface area contributed by atoms with Gasteiger partial charge in [-0.05, 0) is 30.2 Å². The maximum Gasteiger partial charge on any atom is 0.210 e. The molecule has 0 aromatic heterocycles. The van der Waals surface area contributed by atoms with Crippen LogP contribution >= 0.6 is 0 Å². The first-order chi connectivity index (χ1) is 8.11. The molecule has 1 aliphatic rings. The van der Waals surface area contributed by atoms with Crippen molar-refractivity contribution < 1.29 is 14.0 Å². The number of carbonyl (C=O) groups is 2. The van der Waals surface area contributed by atoms with E-state index in [-0.39, 0.29) is 17.6 Å². The first-order valence-corrected chi connectivity index (χ1v) is 5.60. The van der Waals surface area contributed by atoms with E-state index < -0.39 is 0 Å². The number of amides is 1. The van der Waals surface area contributed by atoms with Crippen LogP contribution in [0.1, 0.15) is 30.0 Å². The van der Waals surface area contributed by atoms with Crippen molar-refractivity contribution in [1.82, 2.24) is 4.90 Å². The standard InChI is InChI=1S/C13H14FNO2/c1-9-6-10(14)2-3-12(9)13-7-11(17)4-5-15(13)8-16/h2-3,6,8,13H,4-5,7H2,1H3. The fourth-order valence-electron chi connectivity index (χ4n) is 2.27. The molecule has 1 aromatic carbocycles. The zero-order chi connectivity index (χ0) is 12.4. The molecule has 3 nitrogen and oxygen atoms in total. The van der Waals surface area contributed by atoms with Gasteiger partial charge in [0.25, 0.3) is 0 Å². The highest BCUT2D eigenvalue weighted by Gasteiger charge is 2.28. The van der Waals surface area contributed by atoms with E-state index in [0.717, 1.165) is 17.5 Å². The number of hydrogen-bond donors (Lipinski definition) is 0. The molecule has 4 heteroatoms. The van der Waals surface area contributed by atoms with Crippen molar-refractivity contribution in [3.05, 3.63) is 35.1 Å². The number of carbonyl (C=O) groups excluding carboxylic acids is 2. The number of ketones is 1. The molecule has 0 aliphatic carbocycles. The van der Waals surface area contributed by atoms with Crippen molar-refractivity contribution in [3.8, 4) is 0 Å². The zero-order valence-electron chi connectivity index (χ0n) is 9.65. The summed E-state index contributed by atoms with van der Waals surface area (Å²) in [5.74, 6) is -0.150. The van der Waals surface area contributed by atoms with Gasteiger partial charge in [0.1, 0.15) is 11.6 Å². The fourth-order valence-corrected chi connectivity index (χ4v) is 2.27. The highest BCUT2D eigenvalue weighted by molar-refractivity contribution is 5.81. The van der Waals surface area contributed by atoms with Gasteiger partial charge in [0.15, 0.2) is 0 Å². The Kier molecular flexibility index (Phi) is 3.22. The predicted octanol–water partition coefficient (Wildman–Crippen LogP) is 2.00. The van der Waals surface area contributed by atoms with Gasteiger partial charge in [0.05, 0.1) is 6.04 Å². The van der Waals surface area contributed by atoms with E-state index in [2.05, 4.69) is 0 Å². The number of aryl methyl sites for hydroxylation is 1. The lowest BCUT2D eigenvalue weighted by molar-refractivity contribution is -0.129. The Morgan fingerprint density at radius 2 is 2.24 bits per heavy atom. The zero-order valence-corrected chi connectivity index (χ0v) is 9.65. The largest absolute Gasteiger partial charge is 0.337 e. The van der Waals surface area contributed by atoms with E-state index in [9.17, 15) is 14.0 Å². The van der Waals surface area contributed by atoms with Crippen LogP contribution in [0.3, 0.4) is 0 Å². The number of Topliss-reactive ketones (excluding diaryl/α,β-unsaturated/α-hetero) is 1. The Hall–Kier alpha value is -1.71. The second-order valence-corrected chi connectivity index (χ2v) is 4.35. The molecule has 1 fully saturated rings. The summed E-state index contributed by atoms with van der Waals surface area (Å²) in [6.45, 7) is 2.24. The molecule has 17 heavy (non-hydrogen) atoms. The quantitative estimate of drug-likeness (QED) is 0.735. The Morgan fingerprint density at radius 3 is 2.88 bits per heavy atom. The maximum absolute atomic E-state index is 13.0. The summed E-state index contributed by atoms with van der Waals surface area (Å²) >= 11 is 0. The molecular weight excluding hydrogens is 221 g/mol. The van der Waals surface area contributed by atoms with Gasteiger partial charge >= 0.3 is 0 Å². The minimum atomic E-state index is -0.300. The average molecular weight is 235 g/mol. The topological polar surface area (TPSA) is 37.4 Å². The second kappa shape index (κ2) is 4.65. The minimum Gasteiger partial charge on any atom is -0.337 e. The van der Waals surface area contributed by atoms with Gasteiger partial charge in [0.2, 0.25) is 6.41 Å². The Morgan fingerprint density at radius 1 is 1.47 bits per heavy atom. The van der Waals surface area contributed by atoms with E-state index in [4.69, 9.17) is 0 Å². The normalized spacial score (nSPS) is 20.5. The molecule has 0 radical (unpaired) electrons. The summed E-state index contributed by atoms with van der Waals surface area (Å²) in [6, 6.07) is 4.21. The van der Waals surface area contributed by atoms with Crippen molar-refractivity contribution in [2.45, 2.75) is 25.8 Å². The smallest absolute Gasteiger partial charge is 0.210 e. The van der Waals surface area contributed by atoms with E-state index >= 15 is 0 Å². The second-order valence-electron chi connectivity index (χ2n) is 4.35. The lowest BCUT2D eigenvalue weighted by atomic mass is 9.92. The SMILES string of the molecule is Cc1cc(F)ccc1C1CC(=O)CCN1C=O. The molecule has 1 saturated heterocycles. The first kappa shape index (κ1) is 11.8. The van der Waals surface area contributed by atoms with Crippen LogP contribution in [0, 0.1) is 12.7 Å². The van der Waals surface area contributed by atoms with Crippen LogP contribution in [0.4, 0.5) is 4.39 Å². The summed E-state index contributed by atoms with van der Waals surface area (Å²) in [5, 5.41) is 0. The van der Waals surface area contributed by atoms with Crippen LogP contribution in [0.15, 0.2) is 18.2 Å². The van der Waals surface area contributed by atoms with Crippen molar-refractivity contribution in [1.29, 1.82) is 0 Å². The van der Waals surface area contributed by atoms with Gasteiger partial charge in [-0.15, -0.1) is 0 Å². The van der Waals surface area contributed by atoms with Crippen molar-refractivity contribution in [2.24, 2.45) is 0 Å². The van der Waals surface area contributed by atoms with Gasteiger partial charge < -0.3 is 4.90 Å². The summed E-state index contributed by atoms with van der Waals surface area (Å²) in [4.78, 5) is 24.1. The number of piperidine rings is 1. The number of hydrogen-bond acceptors (Lipinski definition) is 2. The van der Waals surface area contributed by atoms with Crippen LogP contribution in [0.2, 0.25) is 0 Å². The lowest BCUT2D eigenvalue weighted by Crippen LogP contribution is -2.36. The van der Waals surface area contributed by atoms with E-state index in [1.54, 1.807) is 17.9 Å². The van der Waals surface area contributed by atoms with Crippen molar-refractivity contribution in [2.75, 3.05) is 6.54 Å². The number of halogens is 1. The molecule has 0 spiro atoms. The molecule has 2 rings (SSSR count). The summed E-state index contributed by atoms with van der Waals surface area (Å²) in [7, 11) is 0. The number of rotatable bonds is 2. The molecule has 1 unspecified atom stereocenters. The third-order valence-electron chi connectivity index (χ3n) is 3.20. The number of benzene rings is 1. The van der Waals surface area contributed by atoms with Gasteiger partial charge in [0, 0.05) is 19.4 Å². The maximum atomic E-state index is 13.0. The van der Waals surface area contributed by atoms with Crippen LogP contribution < -0.4 is 0 Å². The Balaban J connectivity index is 2.35. The van der Waals surface area contributed by atoms with Crippen LogP contribution in [-0.2, 0) is 9.59 Å². The minimum absolute atomic E-state index is 0.150. The molecule has 0 bridgehead atoms. The summed E-state index contributed by atoms with van der Waals surface area (Å²) in [6.07, 6.45) is 1.50. The van der Waals surface area contributed by atoms with E-state index in [0.29, 0.717) is 19.4 Å². The van der Waals surface area contributed by atoms with Gasteiger partial charge in [-0.1, -0.05) is 6.07 Å². The van der Waals surface area contributed by atoms with Gasteiger partial charge in [-0.25, -0.2) is 4.39 Å². The Bertz CT molecular complexity index is 459. The Labute approximate surface area is 99.2 Å². The van der Waals surface area contributed by atoms with Gasteiger partial charge in [-0.2, -0.15) is 0 Å². The van der Waals surface area contributed by atoms with Gasteiger partial charge in [-0.3, -0.25) is 9.59 Å². The van der Waals surface area contributed by atoms with Crippen molar-refractivity contribution in [3.63, 3.8) is 0 Å². The molecule has 1 aliphatic heterocycles. The molecular formula is C13H14FNO2. The van der Waals surface area contributed by atoms with E-state index in [1.807, 2.05) is 0 Å². The highest BCUT2D eigenvalue weighted by Crippen LogP contribution is 2.30. The lowest BCUT2D eigenvalue weighted by Gasteiger charge is -2.33. The highest BCUT2D eigenvalue weighted by atomic mass is 19.1. The average Bonchev–Trinajstić information content (AvgIpc) is 2.29. The predicted molar refractivity (Wildman–Crippen MR) is 60.9 cm³/mol. The van der Waals surface area contributed by atoms with E-state index in [1.165, 1.54) is 12.1 Å². The molecule has 0 saturated carbocycles. The summed E-state index contributed by atoms with van der Waals surface area (Å²) in [5.41, 5.74) is 1.63. The molecule has 1 heterocycles. The fraction of sp³-hybridized carbons (Fsp3) is 0.385. The monoisotopic (exact) mass is 235 g/mol. The molecule has 1 amide bonds. The number of likely N-dealkylation sites (tertiary alicyclic amines) is 1. The van der Waals surface area contributed by atoms with Crippen LogP contribution in [-0.4, -0.2) is 23.6 Å². The number of nitrogens with zero attached hydrogens (tertiary/aromatic N) is 1. The third kappa shape index (κ3) is 2.35. The molecule has 90 valence electrons. The first-order valence-electron chi connectivity index (χ1n) is 5.60. The van der Waals surface area contributed by atoms with Crippen molar-refractivity contribution >= 4 is 12.2 Å². The third-order valence-corrected chi connectivity index (χ3v) is 3.20. The molecule has 0 N–H and O–H groups in total. The summed E-state index contributed by atoms with van der Waals surface area (Å²) < 4.78 is 13.0. The van der Waals surface area contributed by atoms with Crippen LogP contribution in [0.25, 0.3) is 0 Å². The molecule has 1 aromatic rings.